The maximum absolute atomic E-state index is 6.44. The van der Waals surface area contributed by atoms with Gasteiger partial charge in [-0.25, -0.2) is 0 Å². The van der Waals surface area contributed by atoms with Gasteiger partial charge >= 0.3 is 0 Å². The summed E-state index contributed by atoms with van der Waals surface area (Å²) >= 11 is 0. The van der Waals surface area contributed by atoms with E-state index in [4.69, 9.17) is 9.57 Å². The van der Waals surface area contributed by atoms with Crippen molar-refractivity contribution < 1.29 is 9.57 Å². The highest BCUT2D eigenvalue weighted by molar-refractivity contribution is 5.66. The lowest BCUT2D eigenvalue weighted by Gasteiger charge is -2.30. The van der Waals surface area contributed by atoms with Gasteiger partial charge in [-0.3, -0.25) is 10.3 Å². The third-order valence-corrected chi connectivity index (χ3v) is 6.59. The van der Waals surface area contributed by atoms with Crippen LogP contribution in [0, 0.1) is 13.8 Å². The van der Waals surface area contributed by atoms with Crippen molar-refractivity contribution >= 4 is 11.8 Å². The van der Waals surface area contributed by atoms with Crippen molar-refractivity contribution in [1.29, 1.82) is 0 Å². The molecule has 33 heavy (non-hydrogen) atoms. The molecule has 1 aliphatic heterocycles. The first-order valence-corrected chi connectivity index (χ1v) is 12.0. The molecule has 0 bridgehead atoms. The lowest BCUT2D eigenvalue weighted by molar-refractivity contribution is -0.00556. The molecule has 0 radical (unpaired) electrons. The molecule has 3 unspecified atom stereocenters. The van der Waals surface area contributed by atoms with Crippen LogP contribution in [0.25, 0.3) is 6.08 Å². The van der Waals surface area contributed by atoms with E-state index < -0.39 is 0 Å². The van der Waals surface area contributed by atoms with Gasteiger partial charge < -0.3 is 4.74 Å². The first-order chi connectivity index (χ1) is 16.0. The summed E-state index contributed by atoms with van der Waals surface area (Å²) < 4.78 is 6.44. The molecular weight excluding hydrogens is 406 g/mol. The van der Waals surface area contributed by atoms with Gasteiger partial charge in [0.25, 0.3) is 0 Å². The Balaban J connectivity index is 1.70. The number of ether oxygens (including phenoxy) is 1. The average Bonchev–Trinajstić information content (AvgIpc) is 2.80. The Bertz CT molecular complexity index is 1090. The van der Waals surface area contributed by atoms with Crippen molar-refractivity contribution in [3.8, 4) is 0 Å². The van der Waals surface area contributed by atoms with E-state index in [1.54, 1.807) is 0 Å². The second kappa shape index (κ2) is 10.8. The minimum absolute atomic E-state index is 0.0110. The molecule has 0 saturated heterocycles. The summed E-state index contributed by atoms with van der Waals surface area (Å²) in [6.07, 6.45) is 6.16. The van der Waals surface area contributed by atoms with E-state index in [1.165, 1.54) is 27.8 Å². The monoisotopic (exact) mass is 441 g/mol. The highest BCUT2D eigenvalue weighted by Crippen LogP contribution is 2.29. The predicted molar refractivity (Wildman–Crippen MR) is 138 cm³/mol. The van der Waals surface area contributed by atoms with Gasteiger partial charge in [0.05, 0.1) is 24.5 Å². The van der Waals surface area contributed by atoms with E-state index in [1.807, 2.05) is 6.07 Å². The second-order valence-corrected chi connectivity index (χ2v) is 9.10. The fraction of sp³-hybridized carbons (Fsp3) is 0.333. The molecule has 3 aromatic carbocycles. The Labute approximate surface area is 198 Å². The highest BCUT2D eigenvalue weighted by Gasteiger charge is 2.27. The molecule has 0 fully saturated rings. The molecule has 0 spiro atoms. The Kier molecular flexibility index (Phi) is 7.64. The standard InChI is InChI=1S/C30H35NO2/c1-21-19-22(2)28-17-18-32-23(3)30(26-12-6-5-7-13-26)24(4)33-31-29-16-9-8-11-25(29)14-10-15-27(28)20-21/h5-14,16,19-20,23-24,30-31H,15,17-18H2,1-4H3/b14-10-. The molecule has 3 nitrogen and oxygen atoms in total. The van der Waals surface area contributed by atoms with Crippen LogP contribution in [0.3, 0.4) is 0 Å². The fourth-order valence-corrected chi connectivity index (χ4v) is 4.95. The molecule has 4 rings (SSSR count). The molecule has 3 atom stereocenters. The zero-order valence-electron chi connectivity index (χ0n) is 20.2. The third kappa shape index (κ3) is 5.73. The van der Waals surface area contributed by atoms with Crippen molar-refractivity contribution in [1.82, 2.24) is 0 Å². The lowest BCUT2D eigenvalue weighted by atomic mass is 9.89. The molecule has 3 heteroatoms. The molecule has 1 N–H and O–H groups in total. The summed E-state index contributed by atoms with van der Waals surface area (Å²) in [5.41, 5.74) is 12.0. The average molecular weight is 442 g/mol. The molecule has 3 aromatic rings. The van der Waals surface area contributed by atoms with Crippen LogP contribution in [0.1, 0.15) is 53.1 Å². The zero-order valence-corrected chi connectivity index (χ0v) is 20.2. The number of hydrogen-bond donors (Lipinski definition) is 1. The van der Waals surface area contributed by atoms with Gasteiger partial charge in [-0.05, 0) is 74.4 Å². The van der Waals surface area contributed by atoms with Crippen molar-refractivity contribution in [2.75, 3.05) is 12.1 Å². The van der Waals surface area contributed by atoms with Crippen molar-refractivity contribution in [2.24, 2.45) is 0 Å². The first-order valence-electron chi connectivity index (χ1n) is 12.0. The van der Waals surface area contributed by atoms with Gasteiger partial charge in [0, 0.05) is 5.92 Å². The van der Waals surface area contributed by atoms with Crippen LogP contribution in [0.4, 0.5) is 5.69 Å². The SMILES string of the molecule is Cc1cc(C)c2c(c1)C/C=C\c1ccccc1NOC(C)C(c1ccccc1)C(C)OCC2. The highest BCUT2D eigenvalue weighted by atomic mass is 16.7. The van der Waals surface area contributed by atoms with Crippen molar-refractivity contribution in [2.45, 2.75) is 58.7 Å². The summed E-state index contributed by atoms with van der Waals surface area (Å²) in [5.74, 6) is 0.102. The zero-order chi connectivity index (χ0) is 23.2. The van der Waals surface area contributed by atoms with Crippen LogP contribution in [0.15, 0.2) is 72.8 Å². The maximum atomic E-state index is 6.44. The predicted octanol–water partition coefficient (Wildman–Crippen LogP) is 7.04. The summed E-state index contributed by atoms with van der Waals surface area (Å²) in [4.78, 5) is 6.21. The van der Waals surface area contributed by atoms with Gasteiger partial charge in [-0.15, -0.1) is 0 Å². The number of rotatable bonds is 1. The van der Waals surface area contributed by atoms with Crippen LogP contribution in [0.2, 0.25) is 0 Å². The van der Waals surface area contributed by atoms with Crippen molar-refractivity contribution in [3.63, 3.8) is 0 Å². The topological polar surface area (TPSA) is 30.5 Å². The quantitative estimate of drug-likeness (QED) is 0.439. The van der Waals surface area contributed by atoms with E-state index in [9.17, 15) is 0 Å². The van der Waals surface area contributed by atoms with Crippen molar-refractivity contribution in [3.05, 3.63) is 106 Å². The van der Waals surface area contributed by atoms with E-state index in [0.29, 0.717) is 6.61 Å². The van der Waals surface area contributed by atoms with Crippen LogP contribution < -0.4 is 5.48 Å². The molecule has 0 aliphatic carbocycles. The number of fused-ring (bicyclic) bond motifs is 2. The molecular formula is C30H35NO2. The van der Waals surface area contributed by atoms with Gasteiger partial charge in [-0.2, -0.15) is 0 Å². The number of para-hydroxylation sites is 1. The summed E-state index contributed by atoms with van der Waals surface area (Å²) in [5, 5.41) is 0. The molecule has 1 heterocycles. The largest absolute Gasteiger partial charge is 0.377 e. The van der Waals surface area contributed by atoms with E-state index in [2.05, 4.69) is 106 Å². The number of nitrogens with one attached hydrogen (secondary N) is 1. The Morgan fingerprint density at radius 3 is 2.45 bits per heavy atom. The van der Waals surface area contributed by atoms with E-state index in [0.717, 1.165) is 24.1 Å². The summed E-state index contributed by atoms with van der Waals surface area (Å²) in [6.45, 7) is 9.35. The van der Waals surface area contributed by atoms with Gasteiger partial charge in [0.2, 0.25) is 0 Å². The molecule has 0 saturated carbocycles. The number of anilines is 1. The fourth-order valence-electron chi connectivity index (χ4n) is 4.95. The second-order valence-electron chi connectivity index (χ2n) is 9.10. The van der Waals surface area contributed by atoms with E-state index >= 15 is 0 Å². The first kappa shape index (κ1) is 23.3. The van der Waals surface area contributed by atoms with Gasteiger partial charge in [0.15, 0.2) is 0 Å². The van der Waals surface area contributed by atoms with Crippen LogP contribution in [0.5, 0.6) is 0 Å². The Morgan fingerprint density at radius 2 is 1.64 bits per heavy atom. The van der Waals surface area contributed by atoms with Crippen LogP contribution in [-0.4, -0.2) is 18.8 Å². The number of hydrogen-bond acceptors (Lipinski definition) is 3. The number of benzene rings is 3. The number of aryl methyl sites for hydroxylation is 2. The van der Waals surface area contributed by atoms with Gasteiger partial charge in [-0.1, -0.05) is 78.4 Å². The Morgan fingerprint density at radius 1 is 0.879 bits per heavy atom. The lowest BCUT2D eigenvalue weighted by Crippen LogP contribution is -2.32. The van der Waals surface area contributed by atoms with Crippen LogP contribution in [-0.2, 0) is 22.4 Å². The molecule has 172 valence electrons. The normalized spacial score (nSPS) is 22.7. The molecule has 1 aliphatic rings. The summed E-state index contributed by atoms with van der Waals surface area (Å²) in [7, 11) is 0. The Hall–Kier alpha value is -2.88. The summed E-state index contributed by atoms with van der Waals surface area (Å²) in [6, 6.07) is 23.4. The number of allylic oxidation sites excluding steroid dienone is 1. The minimum atomic E-state index is -0.0822. The third-order valence-electron chi connectivity index (χ3n) is 6.59. The van der Waals surface area contributed by atoms with E-state index in [-0.39, 0.29) is 18.1 Å². The molecule has 0 amide bonds. The minimum Gasteiger partial charge on any atom is -0.377 e. The van der Waals surface area contributed by atoms with Crippen LogP contribution >= 0.6 is 0 Å². The smallest absolute Gasteiger partial charge is 0.0918 e. The van der Waals surface area contributed by atoms with Gasteiger partial charge in [0.1, 0.15) is 0 Å². The molecule has 0 aromatic heterocycles. The maximum Gasteiger partial charge on any atom is 0.0918 e.